The Morgan fingerprint density at radius 1 is 1.48 bits per heavy atom. The fraction of sp³-hybridized carbons (Fsp3) is 0.300. The first-order valence-electron chi connectivity index (χ1n) is 5.62. The van der Waals surface area contributed by atoms with E-state index < -0.39 is 34.8 Å². The number of benzene rings is 1. The Balaban J connectivity index is 2.22. The summed E-state index contributed by atoms with van der Waals surface area (Å²) in [4.78, 5) is 15.1. The highest BCUT2D eigenvalue weighted by atomic mass is 19.2. The molecule has 2 rings (SSSR count). The largest absolute Gasteiger partial charge is 0.409 e. The Hall–Kier alpha value is -2.37. The van der Waals surface area contributed by atoms with E-state index in [4.69, 9.17) is 0 Å². The van der Waals surface area contributed by atoms with Gasteiger partial charge in [-0.3, -0.25) is 0 Å². The summed E-state index contributed by atoms with van der Waals surface area (Å²) in [6.45, 7) is -0.372. The minimum atomic E-state index is -2.09. The number of anilines is 1. The van der Waals surface area contributed by atoms with Gasteiger partial charge in [-0.05, 0) is 17.1 Å². The van der Waals surface area contributed by atoms with Gasteiger partial charge >= 0.3 is 5.84 Å². The summed E-state index contributed by atoms with van der Waals surface area (Å²) in [6, 6.07) is 1.53. The Morgan fingerprint density at radius 2 is 2.19 bits per heavy atom. The van der Waals surface area contributed by atoms with Crippen LogP contribution in [0.5, 0.6) is 0 Å². The monoisotopic (exact) mass is 304 g/mol. The molecule has 1 aromatic rings. The third kappa shape index (κ3) is 3.21. The van der Waals surface area contributed by atoms with Gasteiger partial charge in [-0.25, -0.2) is 8.78 Å². The lowest BCUT2D eigenvalue weighted by molar-refractivity contribution is -0.353. The number of oxime groups is 1. The Labute approximate surface area is 116 Å². The average molecular weight is 304 g/mol. The van der Waals surface area contributed by atoms with Crippen molar-refractivity contribution in [1.29, 1.82) is 0 Å². The van der Waals surface area contributed by atoms with Crippen LogP contribution < -0.4 is 10.4 Å². The van der Waals surface area contributed by atoms with Crippen molar-refractivity contribution in [3.63, 3.8) is 0 Å². The number of hydrogen-bond donors (Lipinski definition) is 3. The molecule has 1 aromatic carbocycles. The second kappa shape index (κ2) is 5.95. The molecular weight excluding hydrogens is 294 g/mol. The zero-order chi connectivity index (χ0) is 15.6. The van der Waals surface area contributed by atoms with Crippen LogP contribution in [0.3, 0.4) is 0 Å². The van der Waals surface area contributed by atoms with E-state index in [1.165, 1.54) is 0 Å². The van der Waals surface area contributed by atoms with Gasteiger partial charge in [0.1, 0.15) is 0 Å². The smallest absolute Gasteiger partial charge is 0.358 e. The lowest BCUT2D eigenvalue weighted by Crippen LogP contribution is -2.48. The highest BCUT2D eigenvalue weighted by Gasteiger charge is 2.37. The fourth-order valence-corrected chi connectivity index (χ4v) is 1.73. The number of hydrogen-bond acceptors (Lipinski definition) is 8. The van der Waals surface area contributed by atoms with Gasteiger partial charge in [0.15, 0.2) is 22.8 Å². The van der Waals surface area contributed by atoms with Crippen LogP contribution in [0.25, 0.3) is 0 Å². The third-order valence-electron chi connectivity index (χ3n) is 2.73. The van der Waals surface area contributed by atoms with Gasteiger partial charge in [0, 0.05) is 11.8 Å². The molecule has 0 saturated heterocycles. The highest BCUT2D eigenvalue weighted by Crippen LogP contribution is 2.20. The molecule has 0 aromatic heterocycles. The van der Waals surface area contributed by atoms with Crippen LogP contribution in [0.4, 0.5) is 14.5 Å². The second-order valence-corrected chi connectivity index (χ2v) is 4.07. The van der Waals surface area contributed by atoms with E-state index in [-0.39, 0.29) is 12.2 Å². The molecule has 114 valence electrons. The van der Waals surface area contributed by atoms with Crippen molar-refractivity contribution < 1.29 is 28.9 Å². The third-order valence-corrected chi connectivity index (χ3v) is 2.73. The highest BCUT2D eigenvalue weighted by molar-refractivity contribution is 5.81. The van der Waals surface area contributed by atoms with E-state index in [1.54, 1.807) is 0 Å². The van der Waals surface area contributed by atoms with Crippen molar-refractivity contribution in [3.8, 4) is 0 Å². The van der Waals surface area contributed by atoms with Crippen molar-refractivity contribution in [3.05, 3.63) is 39.9 Å². The zero-order valence-electron chi connectivity index (χ0n) is 10.3. The molecule has 11 heteroatoms. The molecular formula is C10H10F2N4O5. The molecule has 1 aliphatic heterocycles. The topological polar surface area (TPSA) is 120 Å². The molecule has 0 radical (unpaired) electrons. The normalized spacial score (nSPS) is 17.6. The molecule has 0 aliphatic carbocycles. The predicted octanol–water partition coefficient (Wildman–Crippen LogP) is -0.467. The summed E-state index contributed by atoms with van der Waals surface area (Å²) in [7, 11) is 0. The molecule has 1 atom stereocenters. The quantitative estimate of drug-likeness (QED) is 0.391. The van der Waals surface area contributed by atoms with Gasteiger partial charge in [-0.2, -0.15) is 4.94 Å². The van der Waals surface area contributed by atoms with Crippen molar-refractivity contribution >= 4 is 11.5 Å². The lowest BCUT2D eigenvalue weighted by atomic mass is 10.2. The predicted molar refractivity (Wildman–Crippen MR) is 64.4 cm³/mol. The standard InChI is InChI=1S/C10H10F2N4O5/c11-6-2-1-5(3-7(6)12)15(10(17)18)4-8-9(16(19)20)14-21-13-8/h1-3,8,10,13,17-18H,4H2/t8-/m1/s1. The first-order chi connectivity index (χ1) is 9.90. The molecule has 21 heavy (non-hydrogen) atoms. The van der Waals surface area contributed by atoms with Crippen LogP contribution >= 0.6 is 0 Å². The van der Waals surface area contributed by atoms with E-state index in [0.717, 1.165) is 23.1 Å². The van der Waals surface area contributed by atoms with Crippen LogP contribution in [0.1, 0.15) is 0 Å². The van der Waals surface area contributed by atoms with E-state index in [2.05, 4.69) is 15.6 Å². The first kappa shape index (κ1) is 15.0. The van der Waals surface area contributed by atoms with Crippen LogP contribution in [0.15, 0.2) is 23.4 Å². The zero-order valence-corrected chi connectivity index (χ0v) is 10.3. The van der Waals surface area contributed by atoms with Gasteiger partial charge in [0.25, 0.3) is 0 Å². The number of aliphatic hydroxyl groups is 2. The summed E-state index contributed by atoms with van der Waals surface area (Å²) < 4.78 is 26.1. The molecule has 1 aliphatic rings. The molecule has 1 heterocycles. The molecule has 0 bridgehead atoms. The Morgan fingerprint density at radius 3 is 2.76 bits per heavy atom. The van der Waals surface area contributed by atoms with E-state index in [0.29, 0.717) is 0 Å². The number of nitro groups is 1. The van der Waals surface area contributed by atoms with Gasteiger partial charge in [-0.1, -0.05) is 5.48 Å². The van der Waals surface area contributed by atoms with Crippen LogP contribution in [0.2, 0.25) is 0 Å². The number of aliphatic hydroxyl groups excluding tert-OH is 1. The lowest BCUT2D eigenvalue weighted by Gasteiger charge is -2.27. The minimum absolute atomic E-state index is 0.0831. The number of nitrogens with zero attached hydrogens (tertiary/aromatic N) is 3. The molecule has 0 unspecified atom stereocenters. The Kier molecular flexibility index (Phi) is 4.26. The van der Waals surface area contributed by atoms with E-state index in [1.807, 2.05) is 0 Å². The molecule has 0 fully saturated rings. The summed E-state index contributed by atoms with van der Waals surface area (Å²) in [5.41, 5.74) is 2.11. The summed E-state index contributed by atoms with van der Waals surface area (Å²) >= 11 is 0. The maximum atomic E-state index is 13.2. The van der Waals surface area contributed by atoms with Gasteiger partial charge < -0.3 is 25.2 Å². The second-order valence-electron chi connectivity index (χ2n) is 4.07. The molecule has 3 N–H and O–H groups in total. The van der Waals surface area contributed by atoms with Crippen LogP contribution in [-0.4, -0.2) is 40.0 Å². The van der Waals surface area contributed by atoms with Gasteiger partial charge in [0.05, 0.1) is 6.54 Å². The van der Waals surface area contributed by atoms with E-state index in [9.17, 15) is 29.1 Å². The number of hydroxylamine groups is 1. The fourth-order valence-electron chi connectivity index (χ4n) is 1.73. The molecule has 0 spiro atoms. The summed E-state index contributed by atoms with van der Waals surface area (Å²) in [5.74, 6) is -2.89. The van der Waals surface area contributed by atoms with Crippen molar-refractivity contribution in [1.82, 2.24) is 5.48 Å². The minimum Gasteiger partial charge on any atom is -0.358 e. The Bertz CT molecular complexity index is 583. The maximum Gasteiger partial charge on any atom is 0.409 e. The first-order valence-corrected chi connectivity index (χ1v) is 5.62. The summed E-state index contributed by atoms with van der Waals surface area (Å²) in [6.07, 6.45) is -2.09. The SMILES string of the molecule is O=[N+]([O-])C1=NON[C@@H]1CN(c1ccc(F)c(F)c1)C(O)O. The number of rotatable bonds is 4. The number of nitrogens with one attached hydrogen (secondary N) is 1. The van der Waals surface area contributed by atoms with E-state index >= 15 is 0 Å². The molecule has 0 saturated carbocycles. The van der Waals surface area contributed by atoms with Crippen LogP contribution in [-0.2, 0) is 4.94 Å². The van der Waals surface area contributed by atoms with Crippen molar-refractivity contribution in [2.45, 2.75) is 12.5 Å². The summed E-state index contributed by atoms with van der Waals surface area (Å²) in [5, 5.41) is 32.4. The molecule has 0 amide bonds. The van der Waals surface area contributed by atoms with Crippen LogP contribution in [0, 0.1) is 21.7 Å². The van der Waals surface area contributed by atoms with Gasteiger partial charge in [-0.15, -0.1) is 0 Å². The van der Waals surface area contributed by atoms with Crippen molar-refractivity contribution in [2.75, 3.05) is 11.4 Å². The average Bonchev–Trinajstić information content (AvgIpc) is 2.87. The van der Waals surface area contributed by atoms with Crippen molar-refractivity contribution in [2.24, 2.45) is 5.16 Å². The molecule has 9 nitrogen and oxygen atoms in total. The number of amidine groups is 1. The van der Waals surface area contributed by atoms with Gasteiger partial charge in [0.2, 0.25) is 6.41 Å². The maximum absolute atomic E-state index is 13.2. The number of halogens is 2.